The highest BCUT2D eigenvalue weighted by molar-refractivity contribution is 5.92. The number of carbonyl (C=O) groups is 3. The van der Waals surface area contributed by atoms with Crippen molar-refractivity contribution in [3.63, 3.8) is 0 Å². The Morgan fingerprint density at radius 3 is 2.56 bits per heavy atom. The Bertz CT molecular complexity index is 832. The van der Waals surface area contributed by atoms with E-state index in [2.05, 4.69) is 15.3 Å². The average Bonchev–Trinajstić information content (AvgIpc) is 2.73. The van der Waals surface area contributed by atoms with Crippen LogP contribution in [0.4, 0.5) is 11.5 Å². The molecule has 1 fully saturated rings. The first-order valence-electron chi connectivity index (χ1n) is 8.37. The van der Waals surface area contributed by atoms with Gasteiger partial charge in [0.1, 0.15) is 11.5 Å². The lowest BCUT2D eigenvalue weighted by atomic mass is 10.2. The average molecular weight is 369 g/mol. The SMILES string of the molecule is COC(=O)c1cccc(Nc2cnc(C(=O)N3CCN(C=O)CC3)cn2)c1. The van der Waals surface area contributed by atoms with Crippen LogP contribution in [-0.2, 0) is 9.53 Å². The lowest BCUT2D eigenvalue weighted by molar-refractivity contribution is -0.119. The molecule has 1 aliphatic rings. The van der Waals surface area contributed by atoms with E-state index >= 15 is 0 Å². The minimum absolute atomic E-state index is 0.215. The number of methoxy groups -OCH3 is 1. The second kappa shape index (κ2) is 8.26. The molecule has 1 aromatic carbocycles. The van der Waals surface area contributed by atoms with Gasteiger partial charge in [0.2, 0.25) is 6.41 Å². The fraction of sp³-hybridized carbons (Fsp3) is 0.278. The number of hydrogen-bond donors (Lipinski definition) is 1. The highest BCUT2D eigenvalue weighted by Crippen LogP contribution is 2.16. The zero-order valence-corrected chi connectivity index (χ0v) is 14.8. The highest BCUT2D eigenvalue weighted by atomic mass is 16.5. The lowest BCUT2D eigenvalue weighted by Gasteiger charge is -2.32. The van der Waals surface area contributed by atoms with Crippen molar-refractivity contribution in [2.24, 2.45) is 0 Å². The molecule has 2 amide bonds. The first-order valence-corrected chi connectivity index (χ1v) is 8.37. The summed E-state index contributed by atoms with van der Waals surface area (Å²) in [6.07, 6.45) is 3.65. The molecule has 0 radical (unpaired) electrons. The van der Waals surface area contributed by atoms with Gasteiger partial charge in [-0.2, -0.15) is 0 Å². The molecule has 0 spiro atoms. The Morgan fingerprint density at radius 2 is 1.93 bits per heavy atom. The molecule has 0 aliphatic carbocycles. The smallest absolute Gasteiger partial charge is 0.337 e. The van der Waals surface area contributed by atoms with Gasteiger partial charge in [-0.1, -0.05) is 6.07 Å². The van der Waals surface area contributed by atoms with E-state index in [1.54, 1.807) is 34.1 Å². The molecule has 0 unspecified atom stereocenters. The summed E-state index contributed by atoms with van der Waals surface area (Å²) in [5, 5.41) is 3.03. The monoisotopic (exact) mass is 369 g/mol. The van der Waals surface area contributed by atoms with Crippen molar-refractivity contribution in [2.45, 2.75) is 0 Å². The molecule has 9 heteroatoms. The predicted molar refractivity (Wildman–Crippen MR) is 96.6 cm³/mol. The second-order valence-corrected chi connectivity index (χ2v) is 5.92. The maximum atomic E-state index is 12.5. The number of nitrogens with one attached hydrogen (secondary N) is 1. The maximum Gasteiger partial charge on any atom is 0.337 e. The third-order valence-electron chi connectivity index (χ3n) is 4.18. The van der Waals surface area contributed by atoms with Crippen molar-refractivity contribution >= 4 is 29.8 Å². The molecular weight excluding hydrogens is 350 g/mol. The zero-order chi connectivity index (χ0) is 19.2. The largest absolute Gasteiger partial charge is 0.465 e. The van der Waals surface area contributed by atoms with E-state index in [0.29, 0.717) is 43.2 Å². The number of piperazine rings is 1. The minimum Gasteiger partial charge on any atom is -0.465 e. The van der Waals surface area contributed by atoms with Crippen molar-refractivity contribution in [2.75, 3.05) is 38.6 Å². The number of aromatic nitrogens is 2. The van der Waals surface area contributed by atoms with Gasteiger partial charge in [-0.15, -0.1) is 0 Å². The summed E-state index contributed by atoms with van der Waals surface area (Å²) in [5.41, 5.74) is 1.30. The van der Waals surface area contributed by atoms with Gasteiger partial charge >= 0.3 is 5.97 Å². The van der Waals surface area contributed by atoms with Crippen molar-refractivity contribution in [1.29, 1.82) is 0 Å². The molecule has 9 nitrogen and oxygen atoms in total. The van der Waals surface area contributed by atoms with Gasteiger partial charge in [-0.3, -0.25) is 9.59 Å². The van der Waals surface area contributed by atoms with Crippen LogP contribution < -0.4 is 5.32 Å². The molecule has 27 heavy (non-hydrogen) atoms. The molecule has 1 aromatic heterocycles. The van der Waals surface area contributed by atoms with Gasteiger partial charge in [-0.25, -0.2) is 14.8 Å². The van der Waals surface area contributed by atoms with Crippen molar-refractivity contribution in [3.05, 3.63) is 47.9 Å². The Labute approximate surface area is 156 Å². The van der Waals surface area contributed by atoms with Gasteiger partial charge in [-0.05, 0) is 18.2 Å². The van der Waals surface area contributed by atoms with Gasteiger partial charge in [0, 0.05) is 31.9 Å². The molecule has 1 N–H and O–H groups in total. The highest BCUT2D eigenvalue weighted by Gasteiger charge is 2.22. The predicted octanol–water partition coefficient (Wildman–Crippen LogP) is 0.921. The quantitative estimate of drug-likeness (QED) is 0.617. The van der Waals surface area contributed by atoms with E-state index in [9.17, 15) is 14.4 Å². The fourth-order valence-electron chi connectivity index (χ4n) is 2.69. The molecule has 2 aromatic rings. The summed E-state index contributed by atoms with van der Waals surface area (Å²) in [5.74, 6) is -0.202. The number of rotatable bonds is 5. The first kappa shape index (κ1) is 18.3. The van der Waals surface area contributed by atoms with Crippen LogP contribution in [0.25, 0.3) is 0 Å². The van der Waals surface area contributed by atoms with E-state index in [4.69, 9.17) is 4.74 Å². The third kappa shape index (κ3) is 4.38. The topological polar surface area (TPSA) is 105 Å². The van der Waals surface area contributed by atoms with Crippen LogP contribution in [-0.4, -0.2) is 71.3 Å². The summed E-state index contributed by atoms with van der Waals surface area (Å²) in [6.45, 7) is 1.97. The zero-order valence-electron chi connectivity index (χ0n) is 14.8. The standard InChI is InChI=1S/C18H19N5O4/c1-27-18(26)13-3-2-4-14(9-13)21-16-11-19-15(10-20-16)17(25)23-7-5-22(12-24)6-8-23/h2-4,9-12H,5-8H2,1H3,(H,20,21). The number of amides is 2. The van der Waals surface area contributed by atoms with Crippen molar-refractivity contribution in [1.82, 2.24) is 19.8 Å². The number of anilines is 2. The Balaban J connectivity index is 1.64. The lowest BCUT2D eigenvalue weighted by Crippen LogP contribution is -2.48. The van der Waals surface area contributed by atoms with Gasteiger partial charge in [0.25, 0.3) is 5.91 Å². The van der Waals surface area contributed by atoms with Crippen LogP contribution in [0.5, 0.6) is 0 Å². The van der Waals surface area contributed by atoms with Crippen LogP contribution in [0.2, 0.25) is 0 Å². The van der Waals surface area contributed by atoms with E-state index < -0.39 is 5.97 Å². The first-order chi connectivity index (χ1) is 13.1. The van der Waals surface area contributed by atoms with Crippen LogP contribution in [0.15, 0.2) is 36.7 Å². The number of nitrogens with zero attached hydrogens (tertiary/aromatic N) is 4. The van der Waals surface area contributed by atoms with Crippen molar-refractivity contribution in [3.8, 4) is 0 Å². The molecule has 1 aliphatic heterocycles. The number of ether oxygens (including phenoxy) is 1. The molecule has 0 bridgehead atoms. The number of carbonyl (C=O) groups excluding carboxylic acids is 3. The molecule has 140 valence electrons. The molecule has 0 atom stereocenters. The number of benzene rings is 1. The summed E-state index contributed by atoms with van der Waals surface area (Å²) in [6, 6.07) is 6.78. The fourth-order valence-corrected chi connectivity index (χ4v) is 2.69. The van der Waals surface area contributed by atoms with Crippen LogP contribution in [0, 0.1) is 0 Å². The minimum atomic E-state index is -0.430. The normalized spacial score (nSPS) is 13.8. The molecule has 2 heterocycles. The molecular formula is C18H19N5O4. The molecule has 3 rings (SSSR count). The third-order valence-corrected chi connectivity index (χ3v) is 4.18. The summed E-state index contributed by atoms with van der Waals surface area (Å²) < 4.78 is 4.70. The Hall–Kier alpha value is -3.49. The second-order valence-electron chi connectivity index (χ2n) is 5.92. The van der Waals surface area contributed by atoms with E-state index in [0.717, 1.165) is 6.41 Å². The summed E-state index contributed by atoms with van der Waals surface area (Å²) in [7, 11) is 1.32. The van der Waals surface area contributed by atoms with Crippen molar-refractivity contribution < 1.29 is 19.1 Å². The van der Waals surface area contributed by atoms with Crippen LogP contribution in [0.3, 0.4) is 0 Å². The Morgan fingerprint density at radius 1 is 1.15 bits per heavy atom. The van der Waals surface area contributed by atoms with E-state index in [1.807, 2.05) is 0 Å². The molecule has 1 saturated heterocycles. The molecule has 0 saturated carbocycles. The van der Waals surface area contributed by atoms with Gasteiger partial charge in [0.05, 0.1) is 25.1 Å². The number of esters is 1. The maximum absolute atomic E-state index is 12.5. The van der Waals surface area contributed by atoms with Gasteiger partial charge in [0.15, 0.2) is 0 Å². The van der Waals surface area contributed by atoms with Crippen LogP contribution >= 0.6 is 0 Å². The Kier molecular flexibility index (Phi) is 5.60. The summed E-state index contributed by atoms with van der Waals surface area (Å²) >= 11 is 0. The number of hydrogen-bond acceptors (Lipinski definition) is 7. The van der Waals surface area contributed by atoms with E-state index in [1.165, 1.54) is 19.5 Å². The summed E-state index contributed by atoms with van der Waals surface area (Å²) in [4.78, 5) is 46.4. The van der Waals surface area contributed by atoms with E-state index in [-0.39, 0.29) is 11.6 Å². The van der Waals surface area contributed by atoms with Gasteiger partial charge < -0.3 is 19.9 Å². The van der Waals surface area contributed by atoms with Crippen LogP contribution in [0.1, 0.15) is 20.8 Å².